The normalized spacial score (nSPS) is 10.9. The van der Waals surface area contributed by atoms with Gasteiger partial charge >= 0.3 is 0 Å². The number of anilines is 1. The third kappa shape index (κ3) is 3.20. The maximum Gasteiger partial charge on any atom is 0.230 e. The molecule has 0 spiro atoms. The van der Waals surface area contributed by atoms with E-state index < -0.39 is 0 Å². The third-order valence-electron chi connectivity index (χ3n) is 3.45. The first kappa shape index (κ1) is 14.8. The number of amides is 1. The van der Waals surface area contributed by atoms with Crippen LogP contribution >= 0.6 is 15.9 Å². The van der Waals surface area contributed by atoms with Crippen LogP contribution in [0.1, 0.15) is 16.8 Å². The van der Waals surface area contributed by atoms with Crippen LogP contribution in [0.3, 0.4) is 0 Å². The minimum Gasteiger partial charge on any atom is -0.326 e. The number of hydrogen-bond donors (Lipinski definition) is 1. The lowest BCUT2D eigenvalue weighted by atomic mass is 10.2. The molecule has 1 N–H and O–H groups in total. The Bertz CT molecular complexity index is 854. The minimum atomic E-state index is -0.0677. The molecular formula is C17H16BrN3O. The highest BCUT2D eigenvalue weighted by atomic mass is 79.9. The fourth-order valence-electron chi connectivity index (χ4n) is 2.31. The van der Waals surface area contributed by atoms with Crippen LogP contribution in [0.15, 0.2) is 47.2 Å². The van der Waals surface area contributed by atoms with Crippen molar-refractivity contribution in [2.45, 2.75) is 20.3 Å². The number of pyridine rings is 1. The predicted molar refractivity (Wildman–Crippen MR) is 91.1 cm³/mol. The first-order chi connectivity index (χ1) is 10.5. The van der Waals surface area contributed by atoms with Gasteiger partial charge in [-0.25, -0.2) is 4.98 Å². The lowest BCUT2D eigenvalue weighted by Crippen LogP contribution is -2.14. The van der Waals surface area contributed by atoms with Gasteiger partial charge in [0.1, 0.15) is 5.65 Å². The fourth-order valence-corrected chi connectivity index (χ4v) is 2.56. The summed E-state index contributed by atoms with van der Waals surface area (Å²) in [7, 11) is 0. The van der Waals surface area contributed by atoms with Crippen LogP contribution in [0.25, 0.3) is 5.65 Å². The molecule has 1 aromatic carbocycles. The van der Waals surface area contributed by atoms with Crippen molar-refractivity contribution in [3.63, 3.8) is 0 Å². The molecule has 22 heavy (non-hydrogen) atoms. The van der Waals surface area contributed by atoms with Crippen molar-refractivity contribution in [1.29, 1.82) is 0 Å². The standard InChI is InChI=1S/C17H16BrN3O/c1-11-5-6-21-10-14(19-16(21)7-11)9-17(22)20-13-3-4-15(18)12(2)8-13/h3-8,10H,9H2,1-2H3,(H,20,22). The van der Waals surface area contributed by atoms with Crippen molar-refractivity contribution < 1.29 is 4.79 Å². The van der Waals surface area contributed by atoms with Gasteiger partial charge in [-0.05, 0) is 55.3 Å². The van der Waals surface area contributed by atoms with Crippen molar-refractivity contribution in [3.05, 3.63) is 64.0 Å². The van der Waals surface area contributed by atoms with E-state index in [-0.39, 0.29) is 12.3 Å². The van der Waals surface area contributed by atoms with E-state index in [9.17, 15) is 4.79 Å². The smallest absolute Gasteiger partial charge is 0.230 e. The number of nitrogens with zero attached hydrogens (tertiary/aromatic N) is 2. The van der Waals surface area contributed by atoms with Crippen LogP contribution in [0.4, 0.5) is 5.69 Å². The van der Waals surface area contributed by atoms with Crippen LogP contribution in [-0.2, 0) is 11.2 Å². The van der Waals surface area contributed by atoms with Gasteiger partial charge in [0.15, 0.2) is 0 Å². The Morgan fingerprint density at radius 2 is 2.09 bits per heavy atom. The molecule has 0 unspecified atom stereocenters. The quantitative estimate of drug-likeness (QED) is 0.772. The van der Waals surface area contributed by atoms with E-state index in [4.69, 9.17) is 0 Å². The van der Waals surface area contributed by atoms with Gasteiger partial charge in [-0.15, -0.1) is 0 Å². The molecule has 0 saturated heterocycles. The Hall–Kier alpha value is -2.14. The zero-order chi connectivity index (χ0) is 15.7. The van der Waals surface area contributed by atoms with Crippen molar-refractivity contribution in [2.75, 3.05) is 5.32 Å². The monoisotopic (exact) mass is 357 g/mol. The van der Waals surface area contributed by atoms with Crippen LogP contribution in [0, 0.1) is 13.8 Å². The molecule has 0 atom stereocenters. The SMILES string of the molecule is Cc1ccn2cc(CC(=O)Nc3ccc(Br)c(C)c3)nc2c1. The van der Waals surface area contributed by atoms with Crippen molar-refractivity contribution >= 4 is 33.2 Å². The number of halogens is 1. The first-order valence-electron chi connectivity index (χ1n) is 7.01. The molecule has 3 rings (SSSR count). The Balaban J connectivity index is 1.73. The Kier molecular flexibility index (Phi) is 3.98. The molecule has 112 valence electrons. The number of benzene rings is 1. The maximum absolute atomic E-state index is 12.1. The largest absolute Gasteiger partial charge is 0.326 e. The van der Waals surface area contributed by atoms with Crippen LogP contribution < -0.4 is 5.32 Å². The van der Waals surface area contributed by atoms with E-state index in [2.05, 4.69) is 26.2 Å². The van der Waals surface area contributed by atoms with E-state index in [0.717, 1.165) is 32.6 Å². The van der Waals surface area contributed by atoms with Gasteiger partial charge in [0.2, 0.25) is 5.91 Å². The molecule has 2 heterocycles. The van der Waals surface area contributed by atoms with Crippen LogP contribution in [0.5, 0.6) is 0 Å². The highest BCUT2D eigenvalue weighted by Gasteiger charge is 2.09. The summed E-state index contributed by atoms with van der Waals surface area (Å²) in [4.78, 5) is 16.6. The van der Waals surface area contributed by atoms with E-state index in [1.165, 1.54) is 0 Å². The molecule has 0 fully saturated rings. The summed E-state index contributed by atoms with van der Waals surface area (Å²) < 4.78 is 2.96. The lowest BCUT2D eigenvalue weighted by Gasteiger charge is -2.06. The predicted octanol–water partition coefficient (Wildman–Crippen LogP) is 3.89. The molecule has 0 radical (unpaired) electrons. The second-order valence-corrected chi connectivity index (χ2v) is 6.25. The van der Waals surface area contributed by atoms with E-state index in [0.29, 0.717) is 0 Å². The Labute approximate surface area is 137 Å². The fraction of sp³-hybridized carbons (Fsp3) is 0.176. The number of fused-ring (bicyclic) bond motifs is 1. The van der Waals surface area contributed by atoms with E-state index in [1.54, 1.807) is 0 Å². The molecule has 3 aromatic rings. The van der Waals surface area contributed by atoms with Crippen molar-refractivity contribution in [3.8, 4) is 0 Å². The average Bonchev–Trinajstić information content (AvgIpc) is 2.84. The molecule has 0 aliphatic rings. The summed E-state index contributed by atoms with van der Waals surface area (Å²) in [6.45, 7) is 4.01. The molecule has 1 amide bonds. The molecule has 0 aliphatic heterocycles. The van der Waals surface area contributed by atoms with Gasteiger partial charge in [0, 0.05) is 22.6 Å². The minimum absolute atomic E-state index is 0.0677. The number of carbonyl (C=O) groups is 1. The Morgan fingerprint density at radius 1 is 1.27 bits per heavy atom. The number of imidazole rings is 1. The summed E-state index contributed by atoms with van der Waals surface area (Å²) in [6.07, 6.45) is 4.11. The topological polar surface area (TPSA) is 46.4 Å². The third-order valence-corrected chi connectivity index (χ3v) is 4.34. The highest BCUT2D eigenvalue weighted by molar-refractivity contribution is 9.10. The number of hydrogen-bond acceptors (Lipinski definition) is 2. The zero-order valence-electron chi connectivity index (χ0n) is 12.4. The number of aryl methyl sites for hydroxylation is 2. The number of aromatic nitrogens is 2. The summed E-state index contributed by atoms with van der Waals surface area (Å²) >= 11 is 3.45. The van der Waals surface area contributed by atoms with Crippen LogP contribution in [-0.4, -0.2) is 15.3 Å². The van der Waals surface area contributed by atoms with Crippen LogP contribution in [0.2, 0.25) is 0 Å². The molecule has 0 aliphatic carbocycles. The van der Waals surface area contributed by atoms with E-state index in [1.807, 2.05) is 61.0 Å². The second-order valence-electron chi connectivity index (χ2n) is 5.39. The Morgan fingerprint density at radius 3 is 2.86 bits per heavy atom. The summed E-state index contributed by atoms with van der Waals surface area (Å²) in [6, 6.07) is 9.76. The highest BCUT2D eigenvalue weighted by Crippen LogP contribution is 2.20. The zero-order valence-corrected chi connectivity index (χ0v) is 14.0. The lowest BCUT2D eigenvalue weighted by molar-refractivity contribution is -0.115. The molecule has 0 saturated carbocycles. The van der Waals surface area contributed by atoms with Crippen molar-refractivity contribution in [2.24, 2.45) is 0 Å². The number of rotatable bonds is 3. The molecule has 5 heteroatoms. The molecule has 4 nitrogen and oxygen atoms in total. The van der Waals surface area contributed by atoms with Gasteiger partial charge in [-0.1, -0.05) is 15.9 Å². The number of carbonyl (C=O) groups excluding carboxylic acids is 1. The summed E-state index contributed by atoms with van der Waals surface area (Å²) in [5, 5.41) is 2.91. The first-order valence-corrected chi connectivity index (χ1v) is 7.81. The molecular weight excluding hydrogens is 342 g/mol. The summed E-state index contributed by atoms with van der Waals surface area (Å²) in [5.74, 6) is -0.0677. The van der Waals surface area contributed by atoms with Crippen molar-refractivity contribution in [1.82, 2.24) is 9.38 Å². The van der Waals surface area contributed by atoms with E-state index >= 15 is 0 Å². The van der Waals surface area contributed by atoms with Gasteiger partial charge in [-0.3, -0.25) is 4.79 Å². The average molecular weight is 358 g/mol. The van der Waals surface area contributed by atoms with Gasteiger partial charge in [0.05, 0.1) is 12.1 Å². The summed E-state index contributed by atoms with van der Waals surface area (Å²) in [5.41, 5.74) is 4.66. The number of nitrogens with one attached hydrogen (secondary N) is 1. The molecule has 2 aromatic heterocycles. The van der Waals surface area contributed by atoms with Gasteiger partial charge in [0.25, 0.3) is 0 Å². The second kappa shape index (κ2) is 5.93. The molecule has 0 bridgehead atoms. The van der Waals surface area contributed by atoms with Gasteiger partial charge < -0.3 is 9.72 Å². The maximum atomic E-state index is 12.1. The van der Waals surface area contributed by atoms with Gasteiger partial charge in [-0.2, -0.15) is 0 Å².